The van der Waals surface area contributed by atoms with E-state index < -0.39 is 0 Å². The molecule has 0 bridgehead atoms. The van der Waals surface area contributed by atoms with Gasteiger partial charge < -0.3 is 4.57 Å². The molecule has 234 valence electrons. The highest BCUT2D eigenvalue weighted by Crippen LogP contribution is 2.38. The van der Waals surface area contributed by atoms with Gasteiger partial charge in [-0.1, -0.05) is 164 Å². The van der Waals surface area contributed by atoms with Gasteiger partial charge in [0.2, 0.25) is 0 Å². The van der Waals surface area contributed by atoms with Gasteiger partial charge in [-0.25, -0.2) is 9.98 Å². The van der Waals surface area contributed by atoms with Crippen LogP contribution in [0.3, 0.4) is 0 Å². The largest absolute Gasteiger partial charge is 0.333 e. The van der Waals surface area contributed by atoms with Gasteiger partial charge in [0.1, 0.15) is 0 Å². The van der Waals surface area contributed by atoms with Crippen molar-refractivity contribution in [1.29, 1.82) is 0 Å². The Balaban J connectivity index is 1.34. The molecule has 1 unspecified atom stereocenters. The molecule has 3 nitrogen and oxygen atoms in total. The predicted octanol–water partition coefficient (Wildman–Crippen LogP) is 11.7. The molecule has 0 saturated carbocycles. The van der Waals surface area contributed by atoms with Crippen LogP contribution in [0.25, 0.3) is 21.8 Å². The van der Waals surface area contributed by atoms with E-state index in [4.69, 9.17) is 9.98 Å². The molecule has 49 heavy (non-hydrogen) atoms. The molecule has 8 rings (SSSR count). The molecule has 0 N–H and O–H groups in total. The lowest BCUT2D eigenvalue weighted by Crippen LogP contribution is -2.06. The van der Waals surface area contributed by atoms with Gasteiger partial charge >= 0.3 is 0 Å². The molecule has 1 atom stereocenters. The van der Waals surface area contributed by atoms with Crippen LogP contribution in [0.5, 0.6) is 0 Å². The number of hydrogen-bond acceptors (Lipinski definition) is 2. The minimum absolute atomic E-state index is 0.0742. The molecule has 8 aromatic rings. The summed E-state index contributed by atoms with van der Waals surface area (Å²) in [7, 11) is 0. The molecule has 3 heteroatoms. The van der Waals surface area contributed by atoms with Crippen LogP contribution in [0.4, 0.5) is 11.4 Å². The van der Waals surface area contributed by atoms with E-state index in [1.807, 2.05) is 24.3 Å². The van der Waals surface area contributed by atoms with Crippen LogP contribution in [-0.2, 0) is 0 Å². The van der Waals surface area contributed by atoms with Crippen molar-refractivity contribution >= 4 is 44.6 Å². The fourth-order valence-electron chi connectivity index (χ4n) is 6.69. The van der Waals surface area contributed by atoms with E-state index >= 15 is 0 Å². The van der Waals surface area contributed by atoms with Crippen LogP contribution in [0.1, 0.15) is 40.8 Å². The lowest BCUT2D eigenvalue weighted by atomic mass is 10.0. The van der Waals surface area contributed by atoms with Crippen LogP contribution in [0.2, 0.25) is 0 Å². The van der Waals surface area contributed by atoms with Gasteiger partial charge in [0.05, 0.1) is 39.9 Å². The Morgan fingerprint density at radius 3 is 1.08 bits per heavy atom. The van der Waals surface area contributed by atoms with Crippen LogP contribution in [0.15, 0.2) is 198 Å². The van der Waals surface area contributed by atoms with Gasteiger partial charge in [0.15, 0.2) is 0 Å². The van der Waals surface area contributed by atoms with Gasteiger partial charge in [-0.05, 0) is 36.8 Å². The van der Waals surface area contributed by atoms with Gasteiger partial charge in [0.25, 0.3) is 0 Å². The minimum Gasteiger partial charge on any atom is -0.333 e. The fraction of sp³-hybridized carbons (Fsp3) is 0.0435. The minimum atomic E-state index is 0.0742. The maximum atomic E-state index is 5.30. The number of aliphatic imine (C=N–C) groups is 2. The smallest absolute Gasteiger partial charge is 0.0781 e. The van der Waals surface area contributed by atoms with E-state index in [0.29, 0.717) is 0 Å². The Kier molecular flexibility index (Phi) is 8.23. The van der Waals surface area contributed by atoms with Gasteiger partial charge in [-0.15, -0.1) is 0 Å². The Morgan fingerprint density at radius 1 is 0.408 bits per heavy atom. The van der Waals surface area contributed by atoms with Crippen LogP contribution in [-0.4, -0.2) is 16.0 Å². The third-order valence-corrected chi connectivity index (χ3v) is 9.11. The summed E-state index contributed by atoms with van der Waals surface area (Å²) in [6, 6.07) is 65.7. The van der Waals surface area contributed by atoms with E-state index in [1.165, 1.54) is 16.3 Å². The summed E-state index contributed by atoms with van der Waals surface area (Å²) < 4.78 is 2.45. The fourth-order valence-corrected chi connectivity index (χ4v) is 6.69. The van der Waals surface area contributed by atoms with Crippen molar-refractivity contribution in [2.45, 2.75) is 13.0 Å². The van der Waals surface area contributed by atoms with E-state index in [1.54, 1.807) is 0 Å². The molecule has 0 aliphatic heterocycles. The first-order valence-electron chi connectivity index (χ1n) is 16.7. The molecule has 1 heterocycles. The molecule has 0 amide bonds. The summed E-state index contributed by atoms with van der Waals surface area (Å²) in [4.78, 5) is 10.6. The molecule has 0 saturated heterocycles. The highest BCUT2D eigenvalue weighted by Gasteiger charge is 2.19. The SMILES string of the molecule is CC(c1ccccc1)n1c2cc(N=C(c3ccccc3)c3ccccc3)ccc2c2ccc(N=C(c3ccccc3)c3ccccc3)cc21. The molecule has 0 spiro atoms. The van der Waals surface area contributed by atoms with Crippen LogP contribution < -0.4 is 0 Å². The third kappa shape index (κ3) is 6.10. The molecule has 0 aliphatic rings. The van der Waals surface area contributed by atoms with E-state index in [-0.39, 0.29) is 6.04 Å². The maximum Gasteiger partial charge on any atom is 0.0781 e. The van der Waals surface area contributed by atoms with Crippen molar-refractivity contribution in [2.24, 2.45) is 9.98 Å². The zero-order chi connectivity index (χ0) is 33.0. The Bertz CT molecular complexity index is 2180. The van der Waals surface area contributed by atoms with Crippen molar-refractivity contribution in [3.05, 3.63) is 216 Å². The molecule has 0 radical (unpaired) electrons. The van der Waals surface area contributed by atoms with E-state index in [2.05, 4.69) is 175 Å². The lowest BCUT2D eigenvalue weighted by Gasteiger charge is -2.18. The van der Waals surface area contributed by atoms with E-state index in [0.717, 1.165) is 56.1 Å². The summed E-state index contributed by atoms with van der Waals surface area (Å²) in [5.74, 6) is 0. The zero-order valence-electron chi connectivity index (χ0n) is 27.3. The average molecular weight is 630 g/mol. The summed E-state index contributed by atoms with van der Waals surface area (Å²) in [6.07, 6.45) is 0. The van der Waals surface area contributed by atoms with E-state index in [9.17, 15) is 0 Å². The lowest BCUT2D eigenvalue weighted by molar-refractivity contribution is 0.685. The highest BCUT2D eigenvalue weighted by atomic mass is 15.0. The number of benzene rings is 7. The quantitative estimate of drug-likeness (QED) is 0.150. The number of aromatic nitrogens is 1. The van der Waals surface area contributed by atoms with Crippen molar-refractivity contribution in [3.63, 3.8) is 0 Å². The Hall–Kier alpha value is -6.32. The molecule has 1 aromatic heterocycles. The standard InChI is InChI=1S/C46H35N3/c1-33(34-17-7-2-8-18-34)49-43-31-39(47-45(35-19-9-3-10-20-35)36-21-11-4-12-22-36)27-29-41(43)42-30-28-40(32-44(42)49)48-46(37-23-13-5-14-24-37)38-25-15-6-16-26-38/h2-33H,1H3. The molecule has 0 fully saturated rings. The predicted molar refractivity (Wildman–Crippen MR) is 206 cm³/mol. The van der Waals surface area contributed by atoms with Gasteiger partial charge in [-0.2, -0.15) is 0 Å². The molecular formula is C46H35N3. The second-order valence-electron chi connectivity index (χ2n) is 12.2. The van der Waals surface area contributed by atoms with Crippen molar-refractivity contribution in [2.75, 3.05) is 0 Å². The first-order chi connectivity index (χ1) is 24.2. The van der Waals surface area contributed by atoms with Crippen molar-refractivity contribution in [3.8, 4) is 0 Å². The van der Waals surface area contributed by atoms with Gasteiger partial charge in [0, 0.05) is 33.0 Å². The first-order valence-corrected chi connectivity index (χ1v) is 16.7. The number of nitrogens with zero attached hydrogens (tertiary/aromatic N) is 3. The zero-order valence-corrected chi connectivity index (χ0v) is 27.3. The average Bonchev–Trinajstić information content (AvgIpc) is 3.50. The molecule has 7 aromatic carbocycles. The Labute approximate surface area is 287 Å². The third-order valence-electron chi connectivity index (χ3n) is 9.11. The number of rotatable bonds is 8. The monoisotopic (exact) mass is 629 g/mol. The topological polar surface area (TPSA) is 29.6 Å². The van der Waals surface area contributed by atoms with Crippen LogP contribution in [0, 0.1) is 0 Å². The van der Waals surface area contributed by atoms with Gasteiger partial charge in [-0.3, -0.25) is 0 Å². The Morgan fingerprint density at radius 2 is 0.735 bits per heavy atom. The summed E-state index contributed by atoms with van der Waals surface area (Å²) in [6.45, 7) is 2.28. The molecule has 0 aliphatic carbocycles. The van der Waals surface area contributed by atoms with Crippen molar-refractivity contribution < 1.29 is 0 Å². The summed E-state index contributed by atoms with van der Waals surface area (Å²) in [5, 5.41) is 2.39. The van der Waals surface area contributed by atoms with Crippen LogP contribution >= 0.6 is 0 Å². The second-order valence-corrected chi connectivity index (χ2v) is 12.2. The first kappa shape index (κ1) is 30.0. The normalized spacial score (nSPS) is 11.7. The number of fused-ring (bicyclic) bond motifs is 3. The highest BCUT2D eigenvalue weighted by molar-refractivity contribution is 6.16. The summed E-state index contributed by atoms with van der Waals surface area (Å²) >= 11 is 0. The van der Waals surface area contributed by atoms with Crippen molar-refractivity contribution in [1.82, 2.24) is 4.57 Å². The molecular weight excluding hydrogens is 595 g/mol. The summed E-state index contributed by atoms with van der Waals surface area (Å²) in [5.41, 5.74) is 11.6. The maximum absolute atomic E-state index is 5.30. The number of hydrogen-bond donors (Lipinski definition) is 0. The second kappa shape index (κ2) is 13.4.